The van der Waals surface area contributed by atoms with Crippen molar-refractivity contribution in [3.63, 3.8) is 0 Å². The zero-order valence-electron chi connectivity index (χ0n) is 16.8. The summed E-state index contributed by atoms with van der Waals surface area (Å²) in [6.45, 7) is 1.36. The van der Waals surface area contributed by atoms with Crippen LogP contribution < -0.4 is 9.60 Å². The number of aryl methyl sites for hydroxylation is 2. The van der Waals surface area contributed by atoms with Crippen molar-refractivity contribution in [1.29, 1.82) is 10.8 Å². The van der Waals surface area contributed by atoms with E-state index in [1.54, 1.807) is 22.7 Å². The zero-order valence-corrected chi connectivity index (χ0v) is 21.8. The second kappa shape index (κ2) is 10.1. The first-order valence-corrected chi connectivity index (χ1v) is 11.8. The van der Waals surface area contributed by atoms with E-state index in [-0.39, 0.29) is 34.0 Å². The van der Waals surface area contributed by atoms with Gasteiger partial charge in [0, 0.05) is 21.1 Å². The van der Waals surface area contributed by atoms with E-state index in [1.165, 1.54) is 46.8 Å². The Kier molecular flexibility index (Phi) is 7.92. The van der Waals surface area contributed by atoms with E-state index in [0.29, 0.717) is 22.7 Å². The lowest BCUT2D eigenvalue weighted by molar-refractivity contribution is 0.604. The van der Waals surface area contributed by atoms with Gasteiger partial charge in [-0.15, -0.1) is 56.6 Å². The number of nitrogens with zero attached hydrogens (tertiary/aromatic N) is 3. The van der Waals surface area contributed by atoms with Crippen LogP contribution in [0, 0.1) is 10.8 Å². The molecular weight excluding hydrogens is 546 g/mol. The van der Waals surface area contributed by atoms with E-state index >= 15 is 0 Å². The van der Waals surface area contributed by atoms with Gasteiger partial charge in [0.1, 0.15) is 0 Å². The number of rotatable bonds is 4. The predicted molar refractivity (Wildman–Crippen MR) is 133 cm³/mol. The number of hydrogen-bond donors (Lipinski definition) is 2. The molecule has 0 atom stereocenters. The van der Waals surface area contributed by atoms with Crippen molar-refractivity contribution >= 4 is 56.6 Å². The van der Waals surface area contributed by atoms with Gasteiger partial charge in [0.25, 0.3) is 0 Å². The van der Waals surface area contributed by atoms with Crippen molar-refractivity contribution in [2.75, 3.05) is 0 Å². The third kappa shape index (κ3) is 4.59. The van der Waals surface area contributed by atoms with Crippen molar-refractivity contribution in [2.24, 2.45) is 0 Å². The molecule has 0 unspecified atom stereocenters. The van der Waals surface area contributed by atoms with E-state index < -0.39 is 0 Å². The number of nitrogens with one attached hydrogen (secondary N) is 2. The summed E-state index contributed by atoms with van der Waals surface area (Å²) in [7, 11) is 0. The Hall–Kier alpha value is -1.03. The van der Waals surface area contributed by atoms with Crippen LogP contribution in [0.3, 0.4) is 0 Å². The Labute approximate surface area is 205 Å². The first-order chi connectivity index (χ1) is 13.7. The fourth-order valence-corrected chi connectivity index (χ4v) is 6.66. The monoisotopic (exact) mass is 571 g/mol. The number of fused-ring (bicyclic) bond motifs is 2. The number of thiazole rings is 2. The lowest BCUT2D eigenvalue weighted by atomic mass is 10.0. The third-order valence-corrected chi connectivity index (χ3v) is 8.06. The lowest BCUT2D eigenvalue weighted by Crippen LogP contribution is -2.21. The molecule has 0 saturated carbocycles. The Morgan fingerprint density at radius 2 is 1.17 bits per heavy atom. The highest BCUT2D eigenvalue weighted by Crippen LogP contribution is 2.25. The molecule has 3 aromatic heterocycles. The molecule has 0 bridgehead atoms. The molecule has 0 spiro atoms. The van der Waals surface area contributed by atoms with E-state index in [2.05, 4.69) is 27.3 Å². The van der Waals surface area contributed by atoms with Crippen LogP contribution in [0.2, 0.25) is 0 Å². The molecule has 30 heavy (non-hydrogen) atoms. The highest BCUT2D eigenvalue weighted by Gasteiger charge is 2.19. The van der Waals surface area contributed by atoms with Crippen LogP contribution in [0.4, 0.5) is 0 Å². The van der Waals surface area contributed by atoms with Gasteiger partial charge in [0.2, 0.25) is 0 Å². The molecule has 9 heteroatoms. The molecule has 0 saturated heterocycles. The fourth-order valence-electron chi connectivity index (χ4n) is 4.47. The van der Waals surface area contributed by atoms with Crippen LogP contribution in [0.5, 0.6) is 0 Å². The average molecular weight is 573 g/mol. The second-order valence-corrected chi connectivity index (χ2v) is 9.93. The van der Waals surface area contributed by atoms with E-state index in [1.807, 2.05) is 0 Å². The molecule has 0 amide bonds. The SMILES string of the molecule is Br.Br.N=c1sc2c(n1Cc1cccc(Cn3c4c(sc3=N)CCCC4)n1)CCCC2. The molecule has 0 fully saturated rings. The van der Waals surface area contributed by atoms with Crippen LogP contribution in [-0.2, 0) is 38.8 Å². The van der Waals surface area contributed by atoms with E-state index in [0.717, 1.165) is 37.1 Å². The molecule has 0 radical (unpaired) electrons. The van der Waals surface area contributed by atoms with Gasteiger partial charge >= 0.3 is 0 Å². The topological polar surface area (TPSA) is 70.5 Å². The summed E-state index contributed by atoms with van der Waals surface area (Å²) in [5.74, 6) is 0. The Morgan fingerprint density at radius 3 is 1.63 bits per heavy atom. The van der Waals surface area contributed by atoms with Gasteiger partial charge in [-0.1, -0.05) is 6.07 Å². The highest BCUT2D eigenvalue weighted by atomic mass is 79.9. The molecule has 3 aromatic rings. The van der Waals surface area contributed by atoms with Gasteiger partial charge in [-0.25, -0.2) is 0 Å². The van der Waals surface area contributed by atoms with Crippen molar-refractivity contribution in [1.82, 2.24) is 14.1 Å². The third-order valence-electron chi connectivity index (χ3n) is 5.86. The summed E-state index contributed by atoms with van der Waals surface area (Å²) in [4.78, 5) is 8.99. The second-order valence-electron chi connectivity index (χ2n) is 7.76. The van der Waals surface area contributed by atoms with Gasteiger partial charge in [-0.2, -0.15) is 0 Å². The highest BCUT2D eigenvalue weighted by molar-refractivity contribution is 8.93. The Bertz CT molecular complexity index is 1060. The minimum atomic E-state index is 0. The summed E-state index contributed by atoms with van der Waals surface area (Å²) in [5, 5.41) is 16.8. The largest absolute Gasteiger partial charge is 0.315 e. The number of hydrogen-bond acceptors (Lipinski definition) is 5. The average Bonchev–Trinajstić information content (AvgIpc) is 3.19. The molecular formula is C21H27Br2N5S2. The molecule has 2 aliphatic rings. The maximum absolute atomic E-state index is 8.39. The summed E-state index contributed by atoms with van der Waals surface area (Å²) in [6, 6.07) is 6.21. The maximum atomic E-state index is 8.39. The fraction of sp³-hybridized carbons (Fsp3) is 0.476. The van der Waals surface area contributed by atoms with Gasteiger partial charge in [0.05, 0.1) is 24.5 Å². The van der Waals surface area contributed by atoms with Crippen LogP contribution in [-0.4, -0.2) is 14.1 Å². The minimum absolute atomic E-state index is 0. The zero-order chi connectivity index (χ0) is 19.1. The summed E-state index contributed by atoms with van der Waals surface area (Å²) >= 11 is 3.27. The molecule has 162 valence electrons. The van der Waals surface area contributed by atoms with E-state index in [4.69, 9.17) is 15.8 Å². The van der Waals surface area contributed by atoms with Crippen LogP contribution in [0.15, 0.2) is 18.2 Å². The molecule has 3 heterocycles. The van der Waals surface area contributed by atoms with Crippen LogP contribution in [0.25, 0.3) is 0 Å². The van der Waals surface area contributed by atoms with Crippen molar-refractivity contribution in [3.05, 3.63) is 60.3 Å². The van der Waals surface area contributed by atoms with Crippen LogP contribution in [0.1, 0.15) is 58.2 Å². The first-order valence-electron chi connectivity index (χ1n) is 10.2. The molecule has 5 nitrogen and oxygen atoms in total. The van der Waals surface area contributed by atoms with Crippen LogP contribution >= 0.6 is 56.6 Å². The van der Waals surface area contributed by atoms with Crippen molar-refractivity contribution in [3.8, 4) is 0 Å². The van der Waals surface area contributed by atoms with Gasteiger partial charge in [0.15, 0.2) is 9.60 Å². The molecule has 5 rings (SSSR count). The predicted octanol–water partition coefficient (Wildman–Crippen LogP) is 4.78. The lowest BCUT2D eigenvalue weighted by Gasteiger charge is -2.16. The Balaban J connectivity index is 0.00000128. The molecule has 2 aliphatic carbocycles. The summed E-state index contributed by atoms with van der Waals surface area (Å²) in [6.07, 6.45) is 9.37. The first kappa shape index (κ1) is 23.6. The summed E-state index contributed by atoms with van der Waals surface area (Å²) < 4.78 is 4.31. The van der Waals surface area contributed by atoms with E-state index in [9.17, 15) is 0 Å². The molecule has 0 aliphatic heterocycles. The smallest absolute Gasteiger partial charge is 0.182 e. The maximum Gasteiger partial charge on any atom is 0.182 e. The van der Waals surface area contributed by atoms with Gasteiger partial charge in [-0.3, -0.25) is 15.8 Å². The molecule has 2 N–H and O–H groups in total. The molecule has 0 aromatic carbocycles. The summed E-state index contributed by atoms with van der Waals surface area (Å²) in [5.41, 5.74) is 4.73. The number of pyridine rings is 1. The minimum Gasteiger partial charge on any atom is -0.315 e. The standard InChI is InChI=1S/C21H25N5S2.2BrH/c22-20-25(16-8-1-3-10-18(16)27-20)12-14-6-5-7-15(24-14)13-26-17-9-2-4-11-19(17)28-21(26)23;;/h5-7,22-23H,1-4,8-13H2;2*1H. The normalized spacial score (nSPS) is 14.9. The van der Waals surface area contributed by atoms with Crippen molar-refractivity contribution < 1.29 is 0 Å². The number of halogens is 2. The number of aromatic nitrogens is 3. The van der Waals surface area contributed by atoms with Gasteiger partial charge in [-0.05, 0) is 63.5 Å². The van der Waals surface area contributed by atoms with Gasteiger partial charge < -0.3 is 9.13 Å². The quantitative estimate of drug-likeness (QED) is 0.464. The van der Waals surface area contributed by atoms with Crippen molar-refractivity contribution in [2.45, 2.75) is 64.5 Å². The Morgan fingerprint density at radius 1 is 0.733 bits per heavy atom.